The maximum absolute atomic E-state index is 4.30. The first-order valence-electron chi connectivity index (χ1n) is 6.94. The molecule has 2 aromatic heterocycles. The first-order chi connectivity index (χ1) is 10.3. The second-order valence-electron chi connectivity index (χ2n) is 4.78. The highest BCUT2D eigenvalue weighted by Crippen LogP contribution is 2.26. The number of aromatic nitrogens is 3. The number of hydrogen-bond acceptors (Lipinski definition) is 4. The van der Waals surface area contributed by atoms with Gasteiger partial charge in [0.25, 0.3) is 0 Å². The minimum atomic E-state index is 0.954. The van der Waals surface area contributed by atoms with Gasteiger partial charge in [-0.25, -0.2) is 0 Å². The summed E-state index contributed by atoms with van der Waals surface area (Å²) in [5, 5.41) is 11.7. The van der Waals surface area contributed by atoms with Crippen LogP contribution in [0.4, 0.5) is 0 Å². The third kappa shape index (κ3) is 3.54. The van der Waals surface area contributed by atoms with E-state index in [-0.39, 0.29) is 0 Å². The molecule has 0 bridgehead atoms. The first kappa shape index (κ1) is 14.4. The predicted molar refractivity (Wildman–Crippen MR) is 89.8 cm³/mol. The van der Waals surface area contributed by atoms with E-state index in [4.69, 9.17) is 0 Å². The van der Waals surface area contributed by atoms with Crippen molar-refractivity contribution < 1.29 is 0 Å². The summed E-state index contributed by atoms with van der Waals surface area (Å²) >= 11 is 3.47. The molecule has 0 aliphatic carbocycles. The summed E-state index contributed by atoms with van der Waals surface area (Å²) in [6.07, 6.45) is 2.26. The Bertz CT molecular complexity index is 675. The summed E-state index contributed by atoms with van der Waals surface area (Å²) in [7, 11) is 2.04. The zero-order valence-corrected chi connectivity index (χ0v) is 13.5. The van der Waals surface area contributed by atoms with Crippen LogP contribution in [0.25, 0.3) is 10.7 Å². The molecule has 0 atom stereocenters. The van der Waals surface area contributed by atoms with Crippen molar-refractivity contribution in [1.82, 2.24) is 14.8 Å². The maximum Gasteiger partial charge on any atom is 0.191 e. The summed E-state index contributed by atoms with van der Waals surface area (Å²) in [5.74, 6) is 2.02. The Hall–Kier alpha value is -1.59. The highest BCUT2D eigenvalue weighted by atomic mass is 32.2. The molecule has 0 aliphatic rings. The van der Waals surface area contributed by atoms with Crippen molar-refractivity contribution in [2.24, 2.45) is 7.05 Å². The molecule has 0 amide bonds. The van der Waals surface area contributed by atoms with Gasteiger partial charge in [-0.3, -0.25) is 0 Å². The van der Waals surface area contributed by atoms with E-state index in [1.165, 1.54) is 10.4 Å². The minimum Gasteiger partial charge on any atom is -0.305 e. The van der Waals surface area contributed by atoms with Gasteiger partial charge in [-0.2, -0.15) is 0 Å². The molecule has 0 saturated heterocycles. The van der Waals surface area contributed by atoms with Crippen molar-refractivity contribution >= 4 is 23.1 Å². The van der Waals surface area contributed by atoms with Crippen LogP contribution in [0.5, 0.6) is 0 Å². The molecule has 3 nitrogen and oxygen atoms in total. The van der Waals surface area contributed by atoms with Gasteiger partial charge in [0.2, 0.25) is 0 Å². The van der Waals surface area contributed by atoms with Crippen molar-refractivity contribution in [3.63, 3.8) is 0 Å². The van der Waals surface area contributed by atoms with Crippen LogP contribution in [-0.4, -0.2) is 20.5 Å². The van der Waals surface area contributed by atoms with Crippen LogP contribution in [-0.2, 0) is 13.5 Å². The summed E-state index contributed by atoms with van der Waals surface area (Å²) in [4.78, 5) is 1.17. The smallest absolute Gasteiger partial charge is 0.191 e. The monoisotopic (exact) mass is 315 g/mol. The Morgan fingerprint density at radius 3 is 2.71 bits per heavy atom. The fourth-order valence-corrected chi connectivity index (χ4v) is 3.74. The molecular formula is C16H17N3S2. The lowest BCUT2D eigenvalue weighted by atomic mass is 10.1. The minimum absolute atomic E-state index is 0.954. The molecule has 0 spiro atoms. The maximum atomic E-state index is 4.30. The topological polar surface area (TPSA) is 30.7 Å². The standard InChI is InChI=1S/C16H17N3S2/c1-19-15(14-10-6-11-20-14)17-18-16(19)21-12-5-9-13-7-3-2-4-8-13/h2-4,6-8,10-11H,5,9,12H2,1H3. The highest BCUT2D eigenvalue weighted by Gasteiger charge is 2.11. The third-order valence-corrected chi connectivity index (χ3v) is 5.23. The molecule has 0 aliphatic heterocycles. The van der Waals surface area contributed by atoms with Gasteiger partial charge >= 0.3 is 0 Å². The van der Waals surface area contributed by atoms with E-state index in [0.29, 0.717) is 0 Å². The number of benzene rings is 1. The van der Waals surface area contributed by atoms with Gasteiger partial charge in [-0.05, 0) is 29.9 Å². The van der Waals surface area contributed by atoms with Gasteiger partial charge in [0.05, 0.1) is 4.88 Å². The molecule has 3 rings (SSSR count). The van der Waals surface area contributed by atoms with Crippen molar-refractivity contribution in [3.8, 4) is 10.7 Å². The predicted octanol–water partition coefficient (Wildman–Crippen LogP) is 4.27. The quantitative estimate of drug-likeness (QED) is 0.503. The van der Waals surface area contributed by atoms with Crippen molar-refractivity contribution in [1.29, 1.82) is 0 Å². The number of thioether (sulfide) groups is 1. The van der Waals surface area contributed by atoms with Crippen LogP contribution in [0, 0.1) is 0 Å². The van der Waals surface area contributed by atoms with E-state index < -0.39 is 0 Å². The molecule has 1 aromatic carbocycles. The fraction of sp³-hybridized carbons (Fsp3) is 0.250. The number of rotatable bonds is 6. The van der Waals surface area contributed by atoms with Gasteiger partial charge in [-0.15, -0.1) is 21.5 Å². The number of thiophene rings is 1. The lowest BCUT2D eigenvalue weighted by Gasteiger charge is -2.03. The highest BCUT2D eigenvalue weighted by molar-refractivity contribution is 7.99. The zero-order valence-electron chi connectivity index (χ0n) is 11.9. The van der Waals surface area contributed by atoms with Gasteiger partial charge < -0.3 is 4.57 Å². The number of nitrogens with zero attached hydrogens (tertiary/aromatic N) is 3. The average molecular weight is 315 g/mol. The van der Waals surface area contributed by atoms with Crippen LogP contribution < -0.4 is 0 Å². The fourth-order valence-electron chi connectivity index (χ4n) is 2.15. The molecule has 0 unspecified atom stereocenters. The van der Waals surface area contributed by atoms with Crippen LogP contribution >= 0.6 is 23.1 Å². The van der Waals surface area contributed by atoms with Crippen molar-refractivity contribution in [2.45, 2.75) is 18.0 Å². The molecule has 0 N–H and O–H groups in total. The van der Waals surface area contributed by atoms with E-state index in [9.17, 15) is 0 Å². The second-order valence-corrected chi connectivity index (χ2v) is 6.79. The van der Waals surface area contributed by atoms with Crippen molar-refractivity contribution in [3.05, 3.63) is 53.4 Å². The van der Waals surface area contributed by atoms with Crippen LogP contribution in [0.3, 0.4) is 0 Å². The normalized spacial score (nSPS) is 10.9. The summed E-state index contributed by atoms with van der Waals surface area (Å²) < 4.78 is 2.08. The summed E-state index contributed by atoms with van der Waals surface area (Å²) in [5.41, 5.74) is 1.40. The third-order valence-electron chi connectivity index (χ3n) is 3.26. The zero-order chi connectivity index (χ0) is 14.5. The molecule has 0 radical (unpaired) electrons. The molecule has 108 valence electrons. The average Bonchev–Trinajstić information content (AvgIpc) is 3.15. The largest absolute Gasteiger partial charge is 0.305 e. The molecule has 2 heterocycles. The lowest BCUT2D eigenvalue weighted by molar-refractivity contribution is 0.792. The van der Waals surface area contributed by atoms with Crippen LogP contribution in [0.15, 0.2) is 53.0 Å². The summed E-state index contributed by atoms with van der Waals surface area (Å²) in [6.45, 7) is 0. The Balaban J connectivity index is 1.54. The van der Waals surface area contributed by atoms with E-state index in [2.05, 4.69) is 56.5 Å². The van der Waals surface area contributed by atoms with E-state index >= 15 is 0 Å². The number of hydrogen-bond donors (Lipinski definition) is 0. The Morgan fingerprint density at radius 2 is 1.95 bits per heavy atom. The van der Waals surface area contributed by atoms with E-state index in [1.807, 2.05) is 13.1 Å². The first-order valence-corrected chi connectivity index (χ1v) is 8.81. The Labute approximate surface area is 133 Å². The molecule has 0 fully saturated rings. The van der Waals surface area contributed by atoms with Crippen LogP contribution in [0.1, 0.15) is 12.0 Å². The Morgan fingerprint density at radius 1 is 1.10 bits per heavy atom. The summed E-state index contributed by atoms with van der Waals surface area (Å²) in [6, 6.07) is 14.7. The van der Waals surface area contributed by atoms with Gasteiger partial charge in [0.15, 0.2) is 11.0 Å². The molecule has 0 saturated carbocycles. The molecule has 5 heteroatoms. The van der Waals surface area contributed by atoms with Crippen LogP contribution in [0.2, 0.25) is 0 Å². The van der Waals surface area contributed by atoms with Gasteiger partial charge in [0, 0.05) is 12.8 Å². The SMILES string of the molecule is Cn1c(SCCCc2ccccc2)nnc1-c1cccs1. The number of aryl methyl sites for hydroxylation is 1. The van der Waals surface area contributed by atoms with E-state index in [0.717, 1.165) is 29.6 Å². The van der Waals surface area contributed by atoms with Gasteiger partial charge in [0.1, 0.15) is 0 Å². The van der Waals surface area contributed by atoms with Crippen molar-refractivity contribution in [2.75, 3.05) is 5.75 Å². The second kappa shape index (κ2) is 6.91. The molecule has 21 heavy (non-hydrogen) atoms. The molecule has 3 aromatic rings. The van der Waals surface area contributed by atoms with Gasteiger partial charge in [-0.1, -0.05) is 48.2 Å². The lowest BCUT2D eigenvalue weighted by Crippen LogP contribution is -1.95. The van der Waals surface area contributed by atoms with E-state index in [1.54, 1.807) is 23.1 Å². The molecular weight excluding hydrogens is 298 g/mol. The Kier molecular flexibility index (Phi) is 4.72.